The van der Waals surface area contributed by atoms with Gasteiger partial charge in [0.15, 0.2) is 5.28 Å². The zero-order valence-corrected chi connectivity index (χ0v) is 23.0. The molecule has 11 heteroatoms. The van der Waals surface area contributed by atoms with Gasteiger partial charge < -0.3 is 13.8 Å². The SMILES string of the molecule is CCCCOP(=O)(OCCCC)C1(NS(=O)(=O)c2ccc(OC)cc2)C=C(Cl)C(=O)c2ccccc21. The van der Waals surface area contributed by atoms with Gasteiger partial charge >= 0.3 is 7.60 Å². The van der Waals surface area contributed by atoms with Crippen molar-refractivity contribution < 1.29 is 31.6 Å². The second-order valence-electron chi connectivity index (χ2n) is 8.29. The van der Waals surface area contributed by atoms with Gasteiger partial charge in [-0.25, -0.2) is 8.42 Å². The van der Waals surface area contributed by atoms with E-state index < -0.39 is 28.7 Å². The van der Waals surface area contributed by atoms with Gasteiger partial charge in [0.2, 0.25) is 15.8 Å². The number of carbonyl (C=O) groups excluding carboxylic acids is 1. The molecule has 1 atom stereocenters. The molecule has 2 aromatic rings. The minimum atomic E-state index is -4.34. The Bertz CT molecular complexity index is 1250. The third-order valence-corrected chi connectivity index (χ3v) is 10.1. The standard InChI is InChI=1S/C25H31ClNO7PS/c1-4-6-16-33-35(29,34-17-7-5-2)25(18-23(26)24(28)21-10-8-9-11-22(21)25)27-36(30,31)20-14-12-19(32-3)13-15-20/h8-15,18,27H,4-7,16-17H2,1-3H3. The van der Waals surface area contributed by atoms with Crippen molar-refractivity contribution in [3.63, 3.8) is 0 Å². The van der Waals surface area contributed by atoms with Gasteiger partial charge in [-0.2, -0.15) is 4.72 Å². The van der Waals surface area contributed by atoms with Gasteiger partial charge in [0.1, 0.15) is 5.75 Å². The molecule has 0 heterocycles. The number of ether oxygens (including phenoxy) is 1. The number of Topliss-reactive ketones (excluding diaryl/α,β-unsaturated/α-hetero) is 1. The van der Waals surface area contributed by atoms with E-state index in [9.17, 15) is 17.8 Å². The molecule has 0 aliphatic heterocycles. The molecule has 2 aromatic carbocycles. The van der Waals surface area contributed by atoms with E-state index in [1.54, 1.807) is 12.1 Å². The summed E-state index contributed by atoms with van der Waals surface area (Å²) in [6.07, 6.45) is 3.80. The predicted octanol–water partition coefficient (Wildman–Crippen LogP) is 5.97. The predicted molar refractivity (Wildman–Crippen MR) is 139 cm³/mol. The fraction of sp³-hybridized carbons (Fsp3) is 0.400. The Labute approximate surface area is 217 Å². The fourth-order valence-corrected chi connectivity index (χ4v) is 8.09. The largest absolute Gasteiger partial charge is 0.497 e. The average molecular weight is 556 g/mol. The number of methoxy groups -OCH3 is 1. The highest BCUT2D eigenvalue weighted by molar-refractivity contribution is 7.90. The summed E-state index contributed by atoms with van der Waals surface area (Å²) in [5.41, 5.74) is 0.258. The zero-order chi connectivity index (χ0) is 26.4. The van der Waals surface area contributed by atoms with E-state index >= 15 is 0 Å². The molecule has 1 aliphatic rings. The molecular weight excluding hydrogens is 525 g/mol. The van der Waals surface area contributed by atoms with E-state index in [1.807, 2.05) is 13.8 Å². The first-order valence-corrected chi connectivity index (χ1v) is 15.1. The lowest BCUT2D eigenvalue weighted by molar-refractivity contribution is 0.103. The normalized spacial score (nSPS) is 18.0. The highest BCUT2D eigenvalue weighted by atomic mass is 35.5. The minimum Gasteiger partial charge on any atom is -0.497 e. The van der Waals surface area contributed by atoms with Crippen LogP contribution < -0.4 is 9.46 Å². The Morgan fingerprint density at radius 3 is 2.11 bits per heavy atom. The molecule has 3 rings (SSSR count). The number of nitrogens with one attached hydrogen (secondary N) is 1. The summed E-state index contributed by atoms with van der Waals surface area (Å²) in [5.74, 6) is -0.0446. The monoisotopic (exact) mass is 555 g/mol. The summed E-state index contributed by atoms with van der Waals surface area (Å²) in [6, 6.07) is 12.0. The van der Waals surface area contributed by atoms with Gasteiger partial charge in [0, 0.05) is 11.1 Å². The first-order valence-electron chi connectivity index (χ1n) is 11.7. The van der Waals surface area contributed by atoms with E-state index in [0.717, 1.165) is 18.9 Å². The lowest BCUT2D eigenvalue weighted by atomic mass is 9.92. The molecule has 1 unspecified atom stereocenters. The first-order chi connectivity index (χ1) is 17.1. The fourth-order valence-electron chi connectivity index (χ4n) is 3.75. The van der Waals surface area contributed by atoms with Crippen molar-refractivity contribution in [2.75, 3.05) is 20.3 Å². The Balaban J connectivity index is 2.25. The highest BCUT2D eigenvalue weighted by Gasteiger charge is 2.57. The van der Waals surface area contributed by atoms with Gasteiger partial charge in [-0.3, -0.25) is 9.36 Å². The minimum absolute atomic E-state index is 0.0630. The molecule has 0 amide bonds. The maximum absolute atomic E-state index is 14.7. The van der Waals surface area contributed by atoms with E-state index in [-0.39, 0.29) is 34.3 Å². The molecule has 8 nitrogen and oxygen atoms in total. The Morgan fingerprint density at radius 2 is 1.56 bits per heavy atom. The van der Waals surface area contributed by atoms with Gasteiger partial charge in [-0.1, -0.05) is 62.6 Å². The summed E-state index contributed by atoms with van der Waals surface area (Å²) in [7, 11) is -7.20. The van der Waals surface area contributed by atoms with Crippen LogP contribution in [0.1, 0.15) is 55.5 Å². The number of unbranched alkanes of at least 4 members (excludes halogenated alkanes) is 2. The molecular formula is C25H31ClNO7PS. The van der Waals surface area contributed by atoms with Gasteiger partial charge in [-0.15, -0.1) is 0 Å². The van der Waals surface area contributed by atoms with Crippen molar-refractivity contribution in [2.45, 2.75) is 49.7 Å². The molecule has 0 saturated heterocycles. The molecule has 1 aliphatic carbocycles. The first kappa shape index (κ1) is 28.6. The molecule has 1 N–H and O–H groups in total. The Morgan fingerprint density at radius 1 is 0.972 bits per heavy atom. The van der Waals surface area contributed by atoms with Crippen LogP contribution in [0.3, 0.4) is 0 Å². The van der Waals surface area contributed by atoms with Crippen LogP contribution in [-0.2, 0) is 28.9 Å². The maximum atomic E-state index is 14.7. The third-order valence-electron chi connectivity index (χ3n) is 5.74. The molecule has 36 heavy (non-hydrogen) atoms. The van der Waals surface area contributed by atoms with Gasteiger partial charge in [-0.05, 0) is 43.2 Å². The third kappa shape index (κ3) is 5.77. The zero-order valence-electron chi connectivity index (χ0n) is 20.5. The van der Waals surface area contributed by atoms with Crippen LogP contribution in [0.25, 0.3) is 0 Å². The van der Waals surface area contributed by atoms with Crippen LogP contribution in [0.5, 0.6) is 5.75 Å². The summed E-state index contributed by atoms with van der Waals surface area (Å²) in [6.45, 7) is 4.01. The topological polar surface area (TPSA) is 108 Å². The van der Waals surface area contributed by atoms with Crippen LogP contribution in [0, 0.1) is 0 Å². The number of hydrogen-bond acceptors (Lipinski definition) is 7. The summed E-state index contributed by atoms with van der Waals surface area (Å²) >= 11 is 6.35. The quantitative estimate of drug-likeness (QED) is 0.239. The molecule has 0 spiro atoms. The van der Waals surface area contributed by atoms with Crippen LogP contribution in [0.2, 0.25) is 0 Å². The Kier molecular flexibility index (Phi) is 9.55. The summed E-state index contributed by atoms with van der Waals surface area (Å²) < 4.78 is 61.5. The number of benzene rings is 2. The molecule has 196 valence electrons. The van der Waals surface area contributed by atoms with E-state index in [4.69, 9.17) is 25.4 Å². The van der Waals surface area contributed by atoms with E-state index in [1.165, 1.54) is 43.5 Å². The van der Waals surface area contributed by atoms with E-state index in [0.29, 0.717) is 18.6 Å². The maximum Gasteiger partial charge on any atom is 0.360 e. The van der Waals surface area contributed by atoms with Crippen LogP contribution in [0.15, 0.2) is 64.5 Å². The number of sulfonamides is 1. The second kappa shape index (κ2) is 12.0. The van der Waals surface area contributed by atoms with Crippen LogP contribution >= 0.6 is 19.2 Å². The molecule has 0 saturated carbocycles. The number of ketones is 1. The summed E-state index contributed by atoms with van der Waals surface area (Å²) in [5, 5.41) is -2.36. The van der Waals surface area contributed by atoms with Gasteiger partial charge in [0.25, 0.3) is 0 Å². The average Bonchev–Trinajstić information content (AvgIpc) is 2.87. The molecule has 0 radical (unpaired) electrons. The van der Waals surface area contributed by atoms with Gasteiger partial charge in [0.05, 0.1) is 30.3 Å². The highest BCUT2D eigenvalue weighted by Crippen LogP contribution is 2.66. The van der Waals surface area contributed by atoms with Crippen LogP contribution in [-0.4, -0.2) is 34.5 Å². The van der Waals surface area contributed by atoms with Crippen LogP contribution in [0.4, 0.5) is 0 Å². The molecule has 0 bridgehead atoms. The number of rotatable bonds is 13. The lowest BCUT2D eigenvalue weighted by Gasteiger charge is -2.40. The van der Waals surface area contributed by atoms with Crippen molar-refractivity contribution in [3.8, 4) is 5.75 Å². The molecule has 0 aromatic heterocycles. The Hall–Kier alpha value is -2.00. The van der Waals surface area contributed by atoms with Crippen molar-refractivity contribution in [2.24, 2.45) is 0 Å². The molecule has 0 fully saturated rings. The number of allylic oxidation sites excluding steroid dienone is 1. The smallest absolute Gasteiger partial charge is 0.360 e. The number of carbonyl (C=O) groups is 1. The number of hydrogen-bond donors (Lipinski definition) is 1. The van der Waals surface area contributed by atoms with Crippen molar-refractivity contribution in [3.05, 3.63) is 70.8 Å². The number of halogens is 1. The van der Waals surface area contributed by atoms with E-state index in [2.05, 4.69) is 4.72 Å². The lowest BCUT2D eigenvalue weighted by Crippen LogP contribution is -2.47. The number of fused-ring (bicyclic) bond motifs is 1. The summed E-state index contributed by atoms with van der Waals surface area (Å²) in [4.78, 5) is 12.8. The van der Waals surface area contributed by atoms with Crippen molar-refractivity contribution in [1.29, 1.82) is 0 Å². The second-order valence-corrected chi connectivity index (χ2v) is 12.6. The van der Waals surface area contributed by atoms with Crippen molar-refractivity contribution >= 4 is 35.0 Å². The van der Waals surface area contributed by atoms with Crippen molar-refractivity contribution in [1.82, 2.24) is 4.72 Å².